The Hall–Kier alpha value is -2.57. The lowest BCUT2D eigenvalue weighted by atomic mass is 10.1. The molecule has 0 unspecified atom stereocenters. The third-order valence-corrected chi connectivity index (χ3v) is 3.31. The van der Waals surface area contributed by atoms with E-state index in [4.69, 9.17) is 16.3 Å². The minimum absolute atomic E-state index is 0.0986. The second kappa shape index (κ2) is 7.62. The van der Waals surface area contributed by atoms with E-state index in [9.17, 15) is 15.0 Å². The highest BCUT2D eigenvalue weighted by molar-refractivity contribution is 6.32. The number of aliphatic hydroxyl groups excluding tert-OH is 1. The number of hydrazone groups is 1. The first-order valence-electron chi connectivity index (χ1n) is 6.65. The fourth-order valence-corrected chi connectivity index (χ4v) is 2.06. The van der Waals surface area contributed by atoms with Crippen LogP contribution in [0.2, 0.25) is 5.02 Å². The lowest BCUT2D eigenvalue weighted by Crippen LogP contribution is -2.25. The van der Waals surface area contributed by atoms with Gasteiger partial charge in [-0.1, -0.05) is 41.9 Å². The second-order valence-electron chi connectivity index (χ2n) is 4.60. The van der Waals surface area contributed by atoms with Gasteiger partial charge in [0.2, 0.25) is 0 Å². The lowest BCUT2D eigenvalue weighted by molar-refractivity contribution is -0.129. The number of hydrogen-bond donors (Lipinski definition) is 3. The van der Waals surface area contributed by atoms with Crippen LogP contribution in [-0.2, 0) is 4.79 Å². The number of methoxy groups -OCH3 is 1. The molecule has 0 spiro atoms. The number of amides is 1. The highest BCUT2D eigenvalue weighted by Gasteiger charge is 2.16. The quantitative estimate of drug-likeness (QED) is 0.577. The molecule has 1 atom stereocenters. The molecular weight excluding hydrogens is 320 g/mol. The molecular formula is C16H15ClN2O4. The maximum atomic E-state index is 11.8. The van der Waals surface area contributed by atoms with E-state index in [1.807, 2.05) is 0 Å². The molecule has 0 bridgehead atoms. The van der Waals surface area contributed by atoms with Crippen molar-refractivity contribution in [2.75, 3.05) is 7.11 Å². The molecule has 1 amide bonds. The summed E-state index contributed by atoms with van der Waals surface area (Å²) in [4.78, 5) is 11.8. The summed E-state index contributed by atoms with van der Waals surface area (Å²) in [6.45, 7) is 0. The Balaban J connectivity index is 2.04. The van der Waals surface area contributed by atoms with Gasteiger partial charge in [0.25, 0.3) is 5.91 Å². The fraction of sp³-hybridized carbons (Fsp3) is 0.125. The number of aromatic hydroxyl groups is 1. The zero-order valence-corrected chi connectivity index (χ0v) is 13.0. The second-order valence-corrected chi connectivity index (χ2v) is 5.01. The van der Waals surface area contributed by atoms with Crippen LogP contribution < -0.4 is 10.2 Å². The van der Waals surface area contributed by atoms with Crippen molar-refractivity contribution in [1.29, 1.82) is 0 Å². The van der Waals surface area contributed by atoms with E-state index in [1.54, 1.807) is 30.3 Å². The molecule has 0 heterocycles. The molecule has 0 radical (unpaired) electrons. The number of carbonyl (C=O) groups excluding carboxylic acids is 1. The van der Waals surface area contributed by atoms with E-state index in [1.165, 1.54) is 25.5 Å². The predicted octanol–water partition coefficient (Wildman–Crippen LogP) is 2.24. The molecule has 0 saturated carbocycles. The third-order valence-electron chi connectivity index (χ3n) is 3.02. The van der Waals surface area contributed by atoms with E-state index in [0.29, 0.717) is 11.1 Å². The standard InChI is InChI=1S/C16H15ClN2O4/c1-23-13-8-10(7-12(17)15(13)21)9-18-19-16(22)14(20)11-5-3-2-4-6-11/h2-9,14,20-21H,1H3,(H,19,22)/t14-/m0/s1. The Morgan fingerprint density at radius 1 is 1.35 bits per heavy atom. The molecule has 2 aromatic carbocycles. The first kappa shape index (κ1) is 16.8. The molecule has 0 aliphatic rings. The number of rotatable bonds is 5. The maximum absolute atomic E-state index is 11.8. The predicted molar refractivity (Wildman–Crippen MR) is 86.8 cm³/mol. The Labute approximate surface area is 138 Å². The number of nitrogens with one attached hydrogen (secondary N) is 1. The number of hydrogen-bond acceptors (Lipinski definition) is 5. The van der Waals surface area contributed by atoms with Crippen LogP contribution >= 0.6 is 11.6 Å². The van der Waals surface area contributed by atoms with Crippen LogP contribution in [0.15, 0.2) is 47.6 Å². The van der Waals surface area contributed by atoms with E-state index in [2.05, 4.69) is 10.5 Å². The van der Waals surface area contributed by atoms with Crippen LogP contribution in [0.3, 0.4) is 0 Å². The molecule has 2 rings (SSSR count). The van der Waals surface area contributed by atoms with Gasteiger partial charge in [-0.2, -0.15) is 5.10 Å². The summed E-state index contributed by atoms with van der Waals surface area (Å²) in [5.41, 5.74) is 3.22. The summed E-state index contributed by atoms with van der Waals surface area (Å²) >= 11 is 5.85. The molecule has 0 aliphatic heterocycles. The summed E-state index contributed by atoms with van der Waals surface area (Å²) in [5, 5.41) is 23.4. The maximum Gasteiger partial charge on any atom is 0.273 e. The van der Waals surface area contributed by atoms with Crippen LogP contribution in [0, 0.1) is 0 Å². The van der Waals surface area contributed by atoms with Crippen molar-refractivity contribution in [3.63, 3.8) is 0 Å². The average molecular weight is 335 g/mol. The SMILES string of the molecule is COc1cc(C=NNC(=O)[C@@H](O)c2ccccc2)cc(Cl)c1O. The molecule has 0 aromatic heterocycles. The molecule has 0 saturated heterocycles. The van der Waals surface area contributed by atoms with E-state index >= 15 is 0 Å². The number of phenols is 1. The van der Waals surface area contributed by atoms with Crippen molar-refractivity contribution >= 4 is 23.7 Å². The fourth-order valence-electron chi connectivity index (χ4n) is 1.84. The molecule has 23 heavy (non-hydrogen) atoms. The number of benzene rings is 2. The third kappa shape index (κ3) is 4.21. The summed E-state index contributed by atoms with van der Waals surface area (Å²) in [6, 6.07) is 11.5. The molecule has 0 fully saturated rings. The first-order valence-corrected chi connectivity index (χ1v) is 7.03. The van der Waals surface area contributed by atoms with Gasteiger partial charge in [-0.25, -0.2) is 5.43 Å². The molecule has 0 aliphatic carbocycles. The van der Waals surface area contributed by atoms with Crippen LogP contribution in [0.4, 0.5) is 0 Å². The van der Waals surface area contributed by atoms with Gasteiger partial charge in [0.1, 0.15) is 0 Å². The normalized spacial score (nSPS) is 12.1. The molecule has 3 N–H and O–H groups in total. The van der Waals surface area contributed by atoms with E-state index in [-0.39, 0.29) is 16.5 Å². The van der Waals surface area contributed by atoms with Crippen molar-refractivity contribution in [3.05, 3.63) is 58.6 Å². The summed E-state index contributed by atoms with van der Waals surface area (Å²) in [6.07, 6.45) is 0.00925. The Kier molecular flexibility index (Phi) is 5.56. The minimum atomic E-state index is -1.31. The van der Waals surface area contributed by atoms with Crippen molar-refractivity contribution in [2.24, 2.45) is 5.10 Å². The summed E-state index contributed by atoms with van der Waals surface area (Å²) < 4.78 is 4.97. The lowest BCUT2D eigenvalue weighted by Gasteiger charge is -2.09. The number of halogens is 1. The molecule has 120 valence electrons. The van der Waals surface area contributed by atoms with Gasteiger partial charge in [-0.15, -0.1) is 0 Å². The van der Waals surface area contributed by atoms with Gasteiger partial charge in [0.05, 0.1) is 18.3 Å². The largest absolute Gasteiger partial charge is 0.503 e. The monoisotopic (exact) mass is 334 g/mol. The van der Waals surface area contributed by atoms with Crippen molar-refractivity contribution in [3.8, 4) is 11.5 Å². The van der Waals surface area contributed by atoms with Crippen LogP contribution in [0.25, 0.3) is 0 Å². The summed E-state index contributed by atoms with van der Waals surface area (Å²) in [7, 11) is 1.39. The van der Waals surface area contributed by atoms with Gasteiger partial charge in [-0.3, -0.25) is 4.79 Å². The van der Waals surface area contributed by atoms with Crippen molar-refractivity contribution in [2.45, 2.75) is 6.10 Å². The van der Waals surface area contributed by atoms with Gasteiger partial charge in [-0.05, 0) is 23.3 Å². The number of aliphatic hydroxyl groups is 1. The van der Waals surface area contributed by atoms with Crippen molar-refractivity contribution < 1.29 is 19.7 Å². The zero-order chi connectivity index (χ0) is 16.8. The minimum Gasteiger partial charge on any atom is -0.503 e. The van der Waals surface area contributed by atoms with Crippen molar-refractivity contribution in [1.82, 2.24) is 5.43 Å². The molecule has 2 aromatic rings. The topological polar surface area (TPSA) is 91.2 Å². The van der Waals surface area contributed by atoms with Gasteiger partial charge in [0.15, 0.2) is 17.6 Å². The highest BCUT2D eigenvalue weighted by atomic mass is 35.5. The zero-order valence-electron chi connectivity index (χ0n) is 12.2. The van der Waals surface area contributed by atoms with Crippen LogP contribution in [-0.4, -0.2) is 29.4 Å². The van der Waals surface area contributed by atoms with E-state index in [0.717, 1.165) is 0 Å². The number of nitrogens with zero attached hydrogens (tertiary/aromatic N) is 1. The Morgan fingerprint density at radius 3 is 2.70 bits per heavy atom. The number of ether oxygens (including phenoxy) is 1. The number of carbonyl (C=O) groups is 1. The smallest absolute Gasteiger partial charge is 0.273 e. The van der Waals surface area contributed by atoms with Crippen LogP contribution in [0.5, 0.6) is 11.5 Å². The summed E-state index contributed by atoms with van der Waals surface area (Å²) in [5.74, 6) is -0.645. The first-order chi connectivity index (χ1) is 11.0. The van der Waals surface area contributed by atoms with Crippen LogP contribution in [0.1, 0.15) is 17.2 Å². The Morgan fingerprint density at radius 2 is 2.04 bits per heavy atom. The van der Waals surface area contributed by atoms with Gasteiger partial charge >= 0.3 is 0 Å². The molecule has 6 nitrogen and oxygen atoms in total. The number of phenolic OH excluding ortho intramolecular Hbond substituents is 1. The van der Waals surface area contributed by atoms with Gasteiger partial charge in [0, 0.05) is 0 Å². The van der Waals surface area contributed by atoms with Gasteiger partial charge < -0.3 is 14.9 Å². The highest BCUT2D eigenvalue weighted by Crippen LogP contribution is 2.34. The van der Waals surface area contributed by atoms with E-state index < -0.39 is 12.0 Å². The average Bonchev–Trinajstić information content (AvgIpc) is 2.57. The Bertz CT molecular complexity index is 720. The molecule has 7 heteroatoms.